The van der Waals surface area contributed by atoms with Gasteiger partial charge in [-0.3, -0.25) is 0 Å². The summed E-state index contributed by atoms with van der Waals surface area (Å²) in [4.78, 5) is 4.93. The maximum atomic E-state index is 6.73. The number of fused-ring (bicyclic) bond motifs is 3. The molecule has 0 bridgehead atoms. The maximum Gasteiger partial charge on any atom is 0.232 e. The Morgan fingerprint density at radius 1 is 0.500 bits per heavy atom. The Morgan fingerprint density at radius 3 is 1.74 bits per heavy atom. The van der Waals surface area contributed by atoms with Crippen molar-refractivity contribution in [2.24, 2.45) is 0 Å². The van der Waals surface area contributed by atoms with Crippen LogP contribution in [0.25, 0.3) is 61.5 Å². The maximum absolute atomic E-state index is 6.73. The Kier molecular flexibility index (Phi) is 13.1. The second-order valence-electron chi connectivity index (χ2n) is 23.9. The van der Waals surface area contributed by atoms with E-state index in [9.17, 15) is 0 Å². The van der Waals surface area contributed by atoms with Crippen molar-refractivity contribution in [2.75, 3.05) is 0 Å². The smallest absolute Gasteiger partial charge is 0.232 e. The summed E-state index contributed by atoms with van der Waals surface area (Å²) in [6.07, 6.45) is 5.62. The molecule has 0 saturated carbocycles. The second-order valence-corrected chi connectivity index (χ2v) is 23.9. The Balaban J connectivity index is 0.00000659. The largest absolute Gasteiger partial charge is 0.510 e. The fourth-order valence-corrected chi connectivity index (χ4v) is 8.87. The quantitative estimate of drug-likeness (QED) is 0.118. The second kappa shape index (κ2) is 18.3. The summed E-state index contributed by atoms with van der Waals surface area (Å²) in [6, 6.07) is 52.8. The van der Waals surface area contributed by atoms with E-state index in [4.69, 9.17) is 14.8 Å². The van der Waals surface area contributed by atoms with E-state index in [0.717, 1.165) is 55.8 Å². The van der Waals surface area contributed by atoms with E-state index in [1.165, 1.54) is 27.8 Å². The number of rotatable bonds is 7. The SMILES string of the molecule is CC(C)(C)c1cc(-[n+]2[c-]n(-c3[c-]c(Oc4[c-]c5c(cc4)c4cc(C(C)(C)C)ccc4n5-c4cc(C(C)(C)C)ccn4)ccc3)nc2-c2cc(C(C)(C)C)ccc2-c2ccccc2)cc(C(C)(C)C)c1.[Pt]. The average molecular weight is 1110 g/mol. The van der Waals surface area contributed by atoms with Gasteiger partial charge in [0.05, 0.1) is 0 Å². The van der Waals surface area contributed by atoms with Crippen LogP contribution in [0.2, 0.25) is 0 Å². The summed E-state index contributed by atoms with van der Waals surface area (Å²) < 4.78 is 12.9. The van der Waals surface area contributed by atoms with Crippen molar-refractivity contribution in [2.45, 2.75) is 131 Å². The molecular weight excluding hydrogens is 1040 g/mol. The summed E-state index contributed by atoms with van der Waals surface area (Å²) in [5, 5.41) is 7.69. The normalized spacial score (nSPS) is 12.7. The van der Waals surface area contributed by atoms with Gasteiger partial charge in [0.2, 0.25) is 12.2 Å². The van der Waals surface area contributed by atoms with Crippen LogP contribution in [-0.2, 0) is 48.1 Å². The minimum absolute atomic E-state index is 0. The van der Waals surface area contributed by atoms with Gasteiger partial charge in [-0.25, -0.2) is 4.98 Å². The molecule has 9 aromatic rings. The first kappa shape index (κ1) is 50.3. The molecule has 362 valence electrons. The molecular formula is C63H67N5OPt-2. The van der Waals surface area contributed by atoms with Gasteiger partial charge in [-0.05, 0) is 100 Å². The molecule has 70 heavy (non-hydrogen) atoms. The van der Waals surface area contributed by atoms with Crippen molar-refractivity contribution >= 4 is 21.8 Å². The Labute approximate surface area is 431 Å². The van der Waals surface area contributed by atoms with Gasteiger partial charge in [0.25, 0.3) is 0 Å². The molecule has 0 aliphatic carbocycles. The van der Waals surface area contributed by atoms with E-state index in [2.05, 4.69) is 235 Å². The molecule has 6 nitrogen and oxygen atoms in total. The van der Waals surface area contributed by atoms with Gasteiger partial charge in [-0.2, -0.15) is 22.9 Å². The summed E-state index contributed by atoms with van der Waals surface area (Å²) >= 11 is 0. The fraction of sp³-hybridized carbons (Fsp3) is 0.317. The third-order valence-electron chi connectivity index (χ3n) is 13.3. The molecule has 0 radical (unpaired) electrons. The van der Waals surface area contributed by atoms with Gasteiger partial charge in [0.1, 0.15) is 5.82 Å². The molecule has 0 spiro atoms. The van der Waals surface area contributed by atoms with Crippen LogP contribution in [0.3, 0.4) is 0 Å². The summed E-state index contributed by atoms with van der Waals surface area (Å²) in [5.74, 6) is 2.73. The monoisotopic (exact) mass is 1100 g/mol. The number of aromatic nitrogens is 5. The molecule has 0 N–H and O–H groups in total. The van der Waals surface area contributed by atoms with Crippen LogP contribution in [-0.4, -0.2) is 19.3 Å². The van der Waals surface area contributed by atoms with Crippen LogP contribution in [0.15, 0.2) is 134 Å². The van der Waals surface area contributed by atoms with Crippen LogP contribution in [0, 0.1) is 18.5 Å². The Morgan fingerprint density at radius 2 is 1.10 bits per heavy atom. The molecule has 0 saturated heterocycles. The number of benzene rings is 6. The summed E-state index contributed by atoms with van der Waals surface area (Å²) in [6.45, 7) is 33.9. The van der Waals surface area contributed by atoms with Gasteiger partial charge in [-0.15, -0.1) is 29.7 Å². The van der Waals surface area contributed by atoms with Gasteiger partial charge < -0.3 is 13.9 Å². The molecule has 9 rings (SSSR count). The zero-order valence-corrected chi connectivity index (χ0v) is 45.9. The minimum atomic E-state index is -0.0944. The number of ether oxygens (including phenoxy) is 1. The first-order valence-electron chi connectivity index (χ1n) is 24.3. The molecule has 3 aromatic heterocycles. The molecule has 0 aliphatic rings. The molecule has 0 unspecified atom stereocenters. The first-order valence-corrected chi connectivity index (χ1v) is 24.3. The molecule has 0 aliphatic heterocycles. The minimum Gasteiger partial charge on any atom is -0.510 e. The number of hydrogen-bond donors (Lipinski definition) is 0. The van der Waals surface area contributed by atoms with Crippen molar-refractivity contribution in [1.29, 1.82) is 0 Å². The van der Waals surface area contributed by atoms with Crippen molar-refractivity contribution in [3.8, 4) is 51.2 Å². The van der Waals surface area contributed by atoms with E-state index < -0.39 is 0 Å². The molecule has 0 amide bonds. The van der Waals surface area contributed by atoms with E-state index in [1.807, 2.05) is 35.1 Å². The summed E-state index contributed by atoms with van der Waals surface area (Å²) in [5.41, 5.74) is 12.7. The van der Waals surface area contributed by atoms with Crippen LogP contribution < -0.4 is 9.30 Å². The Bertz CT molecular complexity index is 3340. The third kappa shape index (κ3) is 10.1. The number of pyridine rings is 1. The molecule has 0 fully saturated rings. The summed E-state index contributed by atoms with van der Waals surface area (Å²) in [7, 11) is 0. The zero-order valence-electron chi connectivity index (χ0n) is 43.7. The van der Waals surface area contributed by atoms with Crippen molar-refractivity contribution in [3.05, 3.63) is 180 Å². The first-order chi connectivity index (χ1) is 32.3. The molecule has 0 atom stereocenters. The van der Waals surface area contributed by atoms with Crippen LogP contribution >= 0.6 is 0 Å². The molecule has 6 aromatic carbocycles. The van der Waals surface area contributed by atoms with Crippen molar-refractivity contribution in [1.82, 2.24) is 19.3 Å². The van der Waals surface area contributed by atoms with Gasteiger partial charge >= 0.3 is 0 Å². The van der Waals surface area contributed by atoms with Crippen LogP contribution in [0.1, 0.15) is 132 Å². The predicted octanol–water partition coefficient (Wildman–Crippen LogP) is 15.7. The fourth-order valence-electron chi connectivity index (χ4n) is 8.87. The van der Waals surface area contributed by atoms with E-state index in [-0.39, 0.29) is 48.1 Å². The zero-order chi connectivity index (χ0) is 49.4. The standard InChI is InChI=1S/C63H67N5O.Pt/c1-59(2,3)42-24-27-51(41-20-17-16-18-21-41)54(36-42)58-65-67(40-66(58)48-33-45(62(10,11)12)32-46(34-48)63(13,14)15)47-22-19-23-49(38-47)69-50-26-28-52-53-35-43(60(4,5)6)25-29-55(53)68(56(52)39-50)57-37-44(30-31-64-57)61(7,8)9;/h16-37H,1-15H3;/q-2;. The van der Waals surface area contributed by atoms with Crippen molar-refractivity contribution in [3.63, 3.8) is 0 Å². The number of hydrogen-bond acceptors (Lipinski definition) is 3. The van der Waals surface area contributed by atoms with E-state index in [1.54, 1.807) is 0 Å². The van der Waals surface area contributed by atoms with Gasteiger partial charge in [0.15, 0.2) is 0 Å². The van der Waals surface area contributed by atoms with E-state index >= 15 is 0 Å². The topological polar surface area (TPSA) is 48.8 Å². The molecule has 7 heteroatoms. The third-order valence-corrected chi connectivity index (χ3v) is 13.3. The van der Waals surface area contributed by atoms with Crippen LogP contribution in [0.4, 0.5) is 0 Å². The average Bonchev–Trinajstić information content (AvgIpc) is 3.87. The Hall–Kier alpha value is -6.10. The molecule has 3 heterocycles. The van der Waals surface area contributed by atoms with Gasteiger partial charge in [0, 0.05) is 55.5 Å². The van der Waals surface area contributed by atoms with E-state index in [0.29, 0.717) is 17.2 Å². The van der Waals surface area contributed by atoms with Crippen molar-refractivity contribution < 1.29 is 30.4 Å². The number of nitrogens with zero attached hydrogens (tertiary/aromatic N) is 5. The van der Waals surface area contributed by atoms with Crippen LogP contribution in [0.5, 0.6) is 11.5 Å². The van der Waals surface area contributed by atoms with Gasteiger partial charge in [-0.1, -0.05) is 188 Å². The predicted molar refractivity (Wildman–Crippen MR) is 285 cm³/mol.